The van der Waals surface area contributed by atoms with Crippen LogP contribution in [0.2, 0.25) is 0 Å². The number of hydrogen-bond acceptors (Lipinski definition) is 4. The van der Waals surface area contributed by atoms with Gasteiger partial charge < -0.3 is 15.4 Å². The molecule has 0 radical (unpaired) electrons. The minimum atomic E-state index is -0.0402. The fourth-order valence-electron chi connectivity index (χ4n) is 2.51. The summed E-state index contributed by atoms with van der Waals surface area (Å²) in [7, 11) is 3.45. The largest absolute Gasteiger partial charge is 0.483 e. The lowest BCUT2D eigenvalue weighted by Crippen LogP contribution is -2.29. The van der Waals surface area contributed by atoms with Gasteiger partial charge in [0.25, 0.3) is 5.91 Å². The summed E-state index contributed by atoms with van der Waals surface area (Å²) in [5.41, 5.74) is 7.17. The topological polar surface area (TPSA) is 58.8 Å². The van der Waals surface area contributed by atoms with E-state index in [0.717, 1.165) is 30.9 Å². The Bertz CT molecular complexity index is 480. The Morgan fingerprint density at radius 3 is 2.71 bits per heavy atom. The van der Waals surface area contributed by atoms with Gasteiger partial charge in [0, 0.05) is 45.3 Å². The molecular formula is C16H25N3O2. The first-order chi connectivity index (χ1) is 9.97. The first-order valence-electron chi connectivity index (χ1n) is 7.36. The highest BCUT2D eigenvalue weighted by Gasteiger charge is 2.26. The second-order valence-electron chi connectivity index (χ2n) is 6.02. The molecule has 1 aromatic carbocycles. The average Bonchev–Trinajstić information content (AvgIpc) is 2.76. The van der Waals surface area contributed by atoms with Gasteiger partial charge in [-0.25, -0.2) is 0 Å². The first kappa shape index (κ1) is 15.8. The van der Waals surface area contributed by atoms with Crippen molar-refractivity contribution in [1.29, 1.82) is 0 Å². The maximum absolute atomic E-state index is 11.6. The fourth-order valence-corrected chi connectivity index (χ4v) is 2.51. The summed E-state index contributed by atoms with van der Waals surface area (Å²) in [5, 5.41) is 0. The number of hydrogen-bond donors (Lipinski definition) is 1. The molecule has 1 aromatic rings. The second-order valence-corrected chi connectivity index (χ2v) is 6.02. The third-order valence-electron chi connectivity index (χ3n) is 3.96. The van der Waals surface area contributed by atoms with E-state index in [1.54, 1.807) is 14.1 Å². The van der Waals surface area contributed by atoms with Crippen molar-refractivity contribution in [2.75, 3.05) is 33.8 Å². The highest BCUT2D eigenvalue weighted by Crippen LogP contribution is 2.23. The SMILES string of the molecule is CC1CN(Cc2ccccc2OCC(=O)N(C)C)CC1N. The summed E-state index contributed by atoms with van der Waals surface area (Å²) in [6.45, 7) is 4.98. The molecule has 21 heavy (non-hydrogen) atoms. The molecule has 2 atom stereocenters. The lowest BCUT2D eigenvalue weighted by Gasteiger charge is -2.18. The van der Waals surface area contributed by atoms with Crippen LogP contribution in [0.1, 0.15) is 12.5 Å². The Morgan fingerprint density at radius 2 is 2.10 bits per heavy atom. The second kappa shape index (κ2) is 6.91. The van der Waals surface area contributed by atoms with E-state index in [-0.39, 0.29) is 18.6 Å². The van der Waals surface area contributed by atoms with Crippen LogP contribution in [0.3, 0.4) is 0 Å². The monoisotopic (exact) mass is 291 g/mol. The Labute approximate surface area is 126 Å². The van der Waals surface area contributed by atoms with Crippen molar-refractivity contribution < 1.29 is 9.53 Å². The van der Waals surface area contributed by atoms with Gasteiger partial charge in [0.2, 0.25) is 0 Å². The summed E-state index contributed by atoms with van der Waals surface area (Å²) in [5.74, 6) is 1.26. The van der Waals surface area contributed by atoms with Crippen molar-refractivity contribution in [2.24, 2.45) is 11.7 Å². The van der Waals surface area contributed by atoms with E-state index in [2.05, 4.69) is 11.8 Å². The van der Waals surface area contributed by atoms with Crippen LogP contribution in [-0.4, -0.2) is 55.5 Å². The fraction of sp³-hybridized carbons (Fsp3) is 0.562. The third kappa shape index (κ3) is 4.19. The summed E-state index contributed by atoms with van der Waals surface area (Å²) >= 11 is 0. The zero-order valence-electron chi connectivity index (χ0n) is 13.1. The van der Waals surface area contributed by atoms with Crippen molar-refractivity contribution in [1.82, 2.24) is 9.80 Å². The van der Waals surface area contributed by atoms with Crippen LogP contribution >= 0.6 is 0 Å². The molecule has 116 valence electrons. The standard InChI is InChI=1S/C16H25N3O2/c1-12-8-19(10-14(12)17)9-13-6-4-5-7-15(13)21-11-16(20)18(2)3/h4-7,12,14H,8-11,17H2,1-3H3. The number of benzene rings is 1. The van der Waals surface area contributed by atoms with Gasteiger partial charge in [0.05, 0.1) is 0 Å². The molecule has 1 heterocycles. The van der Waals surface area contributed by atoms with Gasteiger partial charge in [-0.05, 0) is 12.0 Å². The van der Waals surface area contributed by atoms with Gasteiger partial charge in [-0.3, -0.25) is 9.69 Å². The van der Waals surface area contributed by atoms with Crippen LogP contribution < -0.4 is 10.5 Å². The predicted octanol–water partition coefficient (Wildman–Crippen LogP) is 0.933. The molecule has 1 aliphatic heterocycles. The normalized spacial score (nSPS) is 22.3. The highest BCUT2D eigenvalue weighted by atomic mass is 16.5. The van der Waals surface area contributed by atoms with Crippen LogP contribution in [-0.2, 0) is 11.3 Å². The molecule has 1 amide bonds. The maximum atomic E-state index is 11.6. The molecule has 0 bridgehead atoms. The zero-order valence-corrected chi connectivity index (χ0v) is 13.1. The van der Waals surface area contributed by atoms with Gasteiger partial charge in [-0.15, -0.1) is 0 Å². The average molecular weight is 291 g/mol. The summed E-state index contributed by atoms with van der Waals surface area (Å²) in [6, 6.07) is 8.13. The number of amides is 1. The lowest BCUT2D eigenvalue weighted by atomic mass is 10.1. The first-order valence-corrected chi connectivity index (χ1v) is 7.36. The highest BCUT2D eigenvalue weighted by molar-refractivity contribution is 5.77. The Balaban J connectivity index is 1.98. The van der Waals surface area contributed by atoms with Crippen molar-refractivity contribution in [3.63, 3.8) is 0 Å². The number of likely N-dealkylation sites (N-methyl/N-ethyl adjacent to an activating group) is 1. The van der Waals surface area contributed by atoms with Crippen LogP contribution in [0, 0.1) is 5.92 Å². The molecule has 0 spiro atoms. The summed E-state index contributed by atoms with van der Waals surface area (Å²) in [6.07, 6.45) is 0. The van der Waals surface area contributed by atoms with Crippen molar-refractivity contribution >= 4 is 5.91 Å². The Morgan fingerprint density at radius 1 is 1.38 bits per heavy atom. The van der Waals surface area contributed by atoms with Gasteiger partial charge in [0.1, 0.15) is 5.75 Å². The number of carbonyl (C=O) groups is 1. The van der Waals surface area contributed by atoms with Crippen LogP contribution in [0.15, 0.2) is 24.3 Å². The molecule has 2 unspecified atom stereocenters. The molecule has 5 nitrogen and oxygen atoms in total. The molecule has 0 aliphatic carbocycles. The van der Waals surface area contributed by atoms with Gasteiger partial charge in [0.15, 0.2) is 6.61 Å². The van der Waals surface area contributed by atoms with Crippen molar-refractivity contribution in [3.05, 3.63) is 29.8 Å². The van der Waals surface area contributed by atoms with E-state index >= 15 is 0 Å². The van der Waals surface area contributed by atoms with Crippen molar-refractivity contribution in [2.45, 2.75) is 19.5 Å². The number of likely N-dealkylation sites (tertiary alicyclic amines) is 1. The molecule has 0 saturated carbocycles. The number of nitrogens with two attached hydrogens (primary N) is 1. The zero-order chi connectivity index (χ0) is 15.4. The Hall–Kier alpha value is -1.59. The van der Waals surface area contributed by atoms with E-state index in [1.165, 1.54) is 4.90 Å². The summed E-state index contributed by atoms with van der Waals surface area (Å²) in [4.78, 5) is 15.5. The molecule has 1 saturated heterocycles. The van der Waals surface area contributed by atoms with E-state index in [4.69, 9.17) is 10.5 Å². The van der Waals surface area contributed by atoms with Gasteiger partial charge >= 0.3 is 0 Å². The lowest BCUT2D eigenvalue weighted by molar-refractivity contribution is -0.130. The van der Waals surface area contributed by atoms with Gasteiger partial charge in [-0.2, -0.15) is 0 Å². The Kier molecular flexibility index (Phi) is 5.20. The van der Waals surface area contributed by atoms with E-state index in [9.17, 15) is 4.79 Å². The number of rotatable bonds is 5. The van der Waals surface area contributed by atoms with E-state index in [1.807, 2.05) is 24.3 Å². The smallest absolute Gasteiger partial charge is 0.259 e. The van der Waals surface area contributed by atoms with Crippen molar-refractivity contribution in [3.8, 4) is 5.75 Å². The minimum Gasteiger partial charge on any atom is -0.483 e. The molecule has 2 N–H and O–H groups in total. The minimum absolute atomic E-state index is 0.0402. The van der Waals surface area contributed by atoms with E-state index < -0.39 is 0 Å². The number of para-hydroxylation sites is 1. The molecule has 0 aromatic heterocycles. The maximum Gasteiger partial charge on any atom is 0.259 e. The molecule has 1 aliphatic rings. The molecule has 2 rings (SSSR count). The van der Waals surface area contributed by atoms with Crippen LogP contribution in [0.5, 0.6) is 5.75 Å². The number of nitrogens with zero attached hydrogens (tertiary/aromatic N) is 2. The van der Waals surface area contributed by atoms with Crippen LogP contribution in [0.25, 0.3) is 0 Å². The molecular weight excluding hydrogens is 266 g/mol. The number of ether oxygens (including phenoxy) is 1. The van der Waals surface area contributed by atoms with E-state index in [0.29, 0.717) is 5.92 Å². The molecule has 5 heteroatoms. The quantitative estimate of drug-likeness (QED) is 0.877. The third-order valence-corrected chi connectivity index (χ3v) is 3.96. The predicted molar refractivity (Wildman–Crippen MR) is 83.0 cm³/mol. The number of carbonyl (C=O) groups excluding carboxylic acids is 1. The molecule has 1 fully saturated rings. The summed E-state index contributed by atoms with van der Waals surface area (Å²) < 4.78 is 5.68. The van der Waals surface area contributed by atoms with Gasteiger partial charge in [-0.1, -0.05) is 25.1 Å². The van der Waals surface area contributed by atoms with Crippen LogP contribution in [0.4, 0.5) is 0 Å².